The molecule has 0 N–H and O–H groups in total. The Morgan fingerprint density at radius 2 is 2.13 bits per heavy atom. The molecule has 0 radical (unpaired) electrons. The Balaban J connectivity index is 1.40. The van der Waals surface area contributed by atoms with Crippen molar-refractivity contribution in [1.82, 2.24) is 24.5 Å². The van der Waals surface area contributed by atoms with Gasteiger partial charge in [0.15, 0.2) is 17.9 Å². The molecule has 5 rings (SSSR count). The van der Waals surface area contributed by atoms with Gasteiger partial charge in [-0.25, -0.2) is 18.9 Å². The molecule has 0 spiro atoms. The van der Waals surface area contributed by atoms with Crippen molar-refractivity contribution in [3.8, 4) is 11.1 Å². The number of pyridine rings is 1. The molecule has 0 aliphatic carbocycles. The summed E-state index contributed by atoms with van der Waals surface area (Å²) in [7, 11) is 0. The molecule has 1 aliphatic heterocycles. The molecule has 1 atom stereocenters. The number of halogens is 1. The van der Waals surface area contributed by atoms with Crippen molar-refractivity contribution in [3.63, 3.8) is 0 Å². The summed E-state index contributed by atoms with van der Waals surface area (Å²) in [5.41, 5.74) is 2.96. The number of benzene rings is 1. The number of nitrogens with zero attached hydrogens (tertiary/aromatic N) is 5. The number of fused-ring (bicyclic) bond motifs is 1. The summed E-state index contributed by atoms with van der Waals surface area (Å²) < 4.78 is 20.6. The molecule has 4 heterocycles. The van der Waals surface area contributed by atoms with Crippen LogP contribution in [0, 0.1) is 12.7 Å². The highest BCUT2D eigenvalue weighted by molar-refractivity contribution is 5.92. The summed E-state index contributed by atoms with van der Waals surface area (Å²) in [5.74, 6) is 0.618. The van der Waals surface area contributed by atoms with Gasteiger partial charge in [0, 0.05) is 30.8 Å². The van der Waals surface area contributed by atoms with Crippen LogP contribution in [0.5, 0.6) is 0 Å². The minimum absolute atomic E-state index is 0.0449. The molecular formula is C22H20FN5O2. The molecule has 4 aromatic rings. The molecule has 8 heteroatoms. The summed E-state index contributed by atoms with van der Waals surface area (Å²) in [4.78, 5) is 23.2. The van der Waals surface area contributed by atoms with E-state index in [0.717, 1.165) is 29.6 Å². The topological polar surface area (TPSA) is 76.5 Å². The number of hydrogen-bond donors (Lipinski definition) is 0. The van der Waals surface area contributed by atoms with Crippen LogP contribution in [0.2, 0.25) is 0 Å². The number of hydrogen-bond acceptors (Lipinski definition) is 5. The van der Waals surface area contributed by atoms with Gasteiger partial charge in [-0.15, -0.1) is 0 Å². The lowest BCUT2D eigenvalue weighted by Crippen LogP contribution is -2.39. The molecule has 1 amide bonds. The number of likely N-dealkylation sites (tertiary alicyclic amines) is 1. The van der Waals surface area contributed by atoms with Crippen molar-refractivity contribution >= 4 is 11.6 Å². The van der Waals surface area contributed by atoms with Crippen molar-refractivity contribution in [1.29, 1.82) is 0 Å². The molecule has 0 bridgehead atoms. The maximum atomic E-state index is 13.6. The Hall–Kier alpha value is -3.55. The molecule has 1 aromatic carbocycles. The van der Waals surface area contributed by atoms with Crippen LogP contribution in [0.25, 0.3) is 16.8 Å². The Morgan fingerprint density at radius 1 is 1.23 bits per heavy atom. The van der Waals surface area contributed by atoms with E-state index in [4.69, 9.17) is 4.42 Å². The van der Waals surface area contributed by atoms with E-state index in [1.54, 1.807) is 22.4 Å². The van der Waals surface area contributed by atoms with Crippen LogP contribution in [-0.2, 0) is 0 Å². The van der Waals surface area contributed by atoms with E-state index in [9.17, 15) is 9.18 Å². The summed E-state index contributed by atoms with van der Waals surface area (Å²) in [5, 5.41) is 4.66. The van der Waals surface area contributed by atoms with Gasteiger partial charge in [0.05, 0.1) is 5.69 Å². The lowest BCUT2D eigenvalue weighted by Gasteiger charge is -2.30. The quantitative estimate of drug-likeness (QED) is 0.517. The number of piperidine rings is 1. The van der Waals surface area contributed by atoms with E-state index in [1.807, 2.05) is 24.4 Å². The van der Waals surface area contributed by atoms with E-state index >= 15 is 0 Å². The van der Waals surface area contributed by atoms with Gasteiger partial charge in [0.25, 0.3) is 5.91 Å². The van der Waals surface area contributed by atoms with Crippen LogP contribution in [0.1, 0.15) is 40.8 Å². The molecule has 1 saturated heterocycles. The molecular weight excluding hydrogens is 385 g/mol. The van der Waals surface area contributed by atoms with E-state index < -0.39 is 0 Å². The van der Waals surface area contributed by atoms with Crippen molar-refractivity contribution < 1.29 is 13.6 Å². The standard InChI is InChI=1S/C22H20FN5O2/c1-14-20(30-13-24-14)22(29)27-9-3-5-17(11-27)21-25-19-8-7-16(12-28(19)26-21)15-4-2-6-18(23)10-15/h2,4,6-8,10,12-13,17H,3,5,9,11H2,1H3/t17-/m0/s1. The lowest BCUT2D eigenvalue weighted by molar-refractivity contribution is 0.0671. The first-order chi connectivity index (χ1) is 14.6. The number of rotatable bonds is 3. The third-order valence-corrected chi connectivity index (χ3v) is 5.52. The Labute approximate surface area is 172 Å². The lowest BCUT2D eigenvalue weighted by atomic mass is 9.97. The number of carbonyl (C=O) groups excluding carboxylic acids is 1. The maximum Gasteiger partial charge on any atom is 0.291 e. The predicted octanol–water partition coefficient (Wildman–Crippen LogP) is 3.85. The number of amides is 1. The van der Waals surface area contributed by atoms with Gasteiger partial charge in [0.2, 0.25) is 5.76 Å². The van der Waals surface area contributed by atoms with Gasteiger partial charge in [-0.2, -0.15) is 5.10 Å². The molecule has 0 unspecified atom stereocenters. The summed E-state index contributed by atoms with van der Waals surface area (Å²) >= 11 is 0. The Morgan fingerprint density at radius 3 is 2.93 bits per heavy atom. The Kier molecular flexibility index (Phi) is 4.54. The van der Waals surface area contributed by atoms with Gasteiger partial charge in [-0.3, -0.25) is 4.79 Å². The molecule has 3 aromatic heterocycles. The molecule has 1 aliphatic rings. The SMILES string of the molecule is Cc1ncoc1C(=O)N1CCC[C@H](c2nc3ccc(-c4cccc(F)c4)cn3n2)C1. The molecule has 152 valence electrons. The fraction of sp³-hybridized carbons (Fsp3) is 0.273. The van der Waals surface area contributed by atoms with Gasteiger partial charge in [-0.1, -0.05) is 12.1 Å². The van der Waals surface area contributed by atoms with E-state index in [-0.39, 0.29) is 17.6 Å². The highest BCUT2D eigenvalue weighted by atomic mass is 19.1. The van der Waals surface area contributed by atoms with Gasteiger partial charge in [-0.05, 0) is 49.6 Å². The minimum Gasteiger partial charge on any atom is -0.438 e. The monoisotopic (exact) mass is 405 g/mol. The van der Waals surface area contributed by atoms with Gasteiger partial charge in [0.1, 0.15) is 5.82 Å². The summed E-state index contributed by atoms with van der Waals surface area (Å²) in [6.45, 7) is 2.97. The first kappa shape index (κ1) is 18.5. The molecule has 7 nitrogen and oxygen atoms in total. The van der Waals surface area contributed by atoms with Crippen LogP contribution in [-0.4, -0.2) is 43.5 Å². The molecule has 1 fully saturated rings. The second-order valence-corrected chi connectivity index (χ2v) is 7.56. The smallest absolute Gasteiger partial charge is 0.291 e. The average molecular weight is 405 g/mol. The van der Waals surface area contributed by atoms with Crippen LogP contribution in [0.15, 0.2) is 53.4 Å². The second kappa shape index (κ2) is 7.37. The first-order valence-electron chi connectivity index (χ1n) is 9.90. The second-order valence-electron chi connectivity index (χ2n) is 7.56. The minimum atomic E-state index is -0.277. The van der Waals surface area contributed by atoms with Crippen molar-refractivity contribution in [3.05, 3.63) is 72.1 Å². The number of aromatic nitrogens is 4. The summed E-state index contributed by atoms with van der Waals surface area (Å²) in [6, 6.07) is 10.2. The number of aryl methyl sites for hydroxylation is 1. The predicted molar refractivity (Wildman–Crippen MR) is 107 cm³/mol. The average Bonchev–Trinajstić information content (AvgIpc) is 3.39. The van der Waals surface area contributed by atoms with Crippen molar-refractivity contribution in [2.45, 2.75) is 25.7 Å². The Bertz CT molecular complexity index is 1230. The molecule has 30 heavy (non-hydrogen) atoms. The largest absolute Gasteiger partial charge is 0.438 e. The zero-order valence-electron chi connectivity index (χ0n) is 16.5. The molecule has 0 saturated carbocycles. The van der Waals surface area contributed by atoms with Crippen LogP contribution in [0.4, 0.5) is 4.39 Å². The highest BCUT2D eigenvalue weighted by Crippen LogP contribution is 2.27. The number of carbonyl (C=O) groups is 1. The zero-order chi connectivity index (χ0) is 20.7. The van der Waals surface area contributed by atoms with Crippen LogP contribution < -0.4 is 0 Å². The van der Waals surface area contributed by atoms with Crippen molar-refractivity contribution in [2.24, 2.45) is 0 Å². The fourth-order valence-electron chi connectivity index (χ4n) is 3.94. The normalized spacial score (nSPS) is 16.9. The van der Waals surface area contributed by atoms with Crippen LogP contribution in [0.3, 0.4) is 0 Å². The van der Waals surface area contributed by atoms with Gasteiger partial charge < -0.3 is 9.32 Å². The first-order valence-corrected chi connectivity index (χ1v) is 9.90. The third kappa shape index (κ3) is 3.34. The highest BCUT2D eigenvalue weighted by Gasteiger charge is 2.30. The zero-order valence-corrected chi connectivity index (χ0v) is 16.5. The van der Waals surface area contributed by atoms with E-state index in [0.29, 0.717) is 30.4 Å². The maximum absolute atomic E-state index is 13.6. The van der Waals surface area contributed by atoms with Gasteiger partial charge >= 0.3 is 0 Å². The number of oxazole rings is 1. The van der Waals surface area contributed by atoms with E-state index in [2.05, 4.69) is 15.1 Å². The third-order valence-electron chi connectivity index (χ3n) is 5.52. The fourth-order valence-corrected chi connectivity index (χ4v) is 3.94. The van der Waals surface area contributed by atoms with E-state index in [1.165, 1.54) is 18.5 Å². The summed E-state index contributed by atoms with van der Waals surface area (Å²) in [6.07, 6.45) is 4.93. The van der Waals surface area contributed by atoms with Crippen molar-refractivity contribution in [2.75, 3.05) is 13.1 Å². The van der Waals surface area contributed by atoms with Crippen LogP contribution >= 0.6 is 0 Å².